The van der Waals surface area contributed by atoms with E-state index in [0.717, 1.165) is 18.2 Å². The minimum Gasteiger partial charge on any atom is -0.376 e. The summed E-state index contributed by atoms with van der Waals surface area (Å²) >= 11 is 4.50. The van der Waals surface area contributed by atoms with Crippen molar-refractivity contribution < 1.29 is 13.2 Å². The van der Waals surface area contributed by atoms with Crippen molar-refractivity contribution in [2.45, 2.75) is 6.18 Å². The summed E-state index contributed by atoms with van der Waals surface area (Å²) in [4.78, 5) is 0. The molecule has 0 aromatic heterocycles. The van der Waals surface area contributed by atoms with E-state index in [-0.39, 0.29) is 16.4 Å². The fraction of sp³-hybridized carbons (Fsp3) is 0.111. The van der Waals surface area contributed by atoms with Crippen molar-refractivity contribution in [3.05, 3.63) is 29.3 Å². The summed E-state index contributed by atoms with van der Waals surface area (Å²) in [5, 5.41) is 10.8. The number of benzene rings is 1. The van der Waals surface area contributed by atoms with E-state index in [1.54, 1.807) is 6.07 Å². The van der Waals surface area contributed by atoms with E-state index < -0.39 is 11.7 Å². The largest absolute Gasteiger partial charge is 0.416 e. The van der Waals surface area contributed by atoms with Gasteiger partial charge in [0.05, 0.1) is 16.8 Å². The Kier molecular flexibility index (Phi) is 3.34. The Hall–Kier alpha value is -1.81. The van der Waals surface area contributed by atoms with Crippen molar-refractivity contribution in [1.82, 2.24) is 0 Å². The smallest absolute Gasteiger partial charge is 0.376 e. The first kappa shape index (κ1) is 12.3. The van der Waals surface area contributed by atoms with Crippen LogP contribution in [0, 0.1) is 11.3 Å². The fourth-order valence-electron chi connectivity index (χ4n) is 1.05. The van der Waals surface area contributed by atoms with Gasteiger partial charge in [-0.25, -0.2) is 0 Å². The third-order valence-corrected chi connectivity index (χ3v) is 1.83. The number of nitrogens with two attached hydrogens (primary N) is 1. The first-order chi connectivity index (χ1) is 7.34. The second-order valence-corrected chi connectivity index (χ2v) is 3.30. The lowest BCUT2D eigenvalue weighted by Gasteiger charge is -2.10. The lowest BCUT2D eigenvalue weighted by molar-refractivity contribution is -0.137. The molecule has 0 fully saturated rings. The van der Waals surface area contributed by atoms with Crippen LogP contribution < -0.4 is 11.1 Å². The number of anilines is 1. The van der Waals surface area contributed by atoms with E-state index in [1.165, 1.54) is 0 Å². The number of nitrogens with zero attached hydrogens (tertiary/aromatic N) is 1. The summed E-state index contributed by atoms with van der Waals surface area (Å²) in [7, 11) is 0. The molecular weight excluding hydrogens is 239 g/mol. The average molecular weight is 245 g/mol. The molecule has 1 aromatic carbocycles. The van der Waals surface area contributed by atoms with Gasteiger partial charge >= 0.3 is 6.18 Å². The molecule has 16 heavy (non-hydrogen) atoms. The first-order valence-electron chi connectivity index (χ1n) is 4.02. The van der Waals surface area contributed by atoms with Crippen LogP contribution in [-0.4, -0.2) is 5.11 Å². The van der Waals surface area contributed by atoms with Crippen molar-refractivity contribution in [3.8, 4) is 6.07 Å². The van der Waals surface area contributed by atoms with Crippen molar-refractivity contribution in [2.24, 2.45) is 5.73 Å². The van der Waals surface area contributed by atoms with Crippen LogP contribution in [-0.2, 0) is 6.18 Å². The van der Waals surface area contributed by atoms with Gasteiger partial charge in [0.1, 0.15) is 6.07 Å². The molecule has 1 rings (SSSR count). The summed E-state index contributed by atoms with van der Waals surface area (Å²) in [6, 6.07) is 4.41. The summed E-state index contributed by atoms with van der Waals surface area (Å²) in [6.07, 6.45) is -4.47. The van der Waals surface area contributed by atoms with Crippen LogP contribution in [0.1, 0.15) is 11.1 Å². The molecule has 3 N–H and O–H groups in total. The number of alkyl halides is 3. The van der Waals surface area contributed by atoms with Gasteiger partial charge in [0, 0.05) is 0 Å². The van der Waals surface area contributed by atoms with Crippen LogP contribution in [0.4, 0.5) is 18.9 Å². The van der Waals surface area contributed by atoms with Gasteiger partial charge in [-0.1, -0.05) is 0 Å². The quantitative estimate of drug-likeness (QED) is 0.745. The number of nitrogens with one attached hydrogen (secondary N) is 1. The highest BCUT2D eigenvalue weighted by molar-refractivity contribution is 7.80. The molecule has 0 aliphatic heterocycles. The standard InChI is InChI=1S/C9H6F3N3S/c10-9(11,12)6-2-1-5(4-13)7(3-6)15-8(14)16/h1-3H,(H3,14,15,16). The van der Waals surface area contributed by atoms with Gasteiger partial charge in [-0.3, -0.25) is 0 Å². The van der Waals surface area contributed by atoms with Crippen molar-refractivity contribution in [3.63, 3.8) is 0 Å². The van der Waals surface area contributed by atoms with E-state index in [9.17, 15) is 13.2 Å². The second kappa shape index (κ2) is 4.37. The maximum absolute atomic E-state index is 12.4. The molecule has 0 saturated heterocycles. The van der Waals surface area contributed by atoms with Gasteiger partial charge < -0.3 is 11.1 Å². The molecule has 0 saturated carbocycles. The summed E-state index contributed by atoms with van der Waals surface area (Å²) in [5.41, 5.74) is 4.26. The van der Waals surface area contributed by atoms with Crippen LogP contribution in [0.25, 0.3) is 0 Å². The van der Waals surface area contributed by atoms with E-state index in [2.05, 4.69) is 17.5 Å². The van der Waals surface area contributed by atoms with Crippen LogP contribution in [0.3, 0.4) is 0 Å². The zero-order valence-electron chi connectivity index (χ0n) is 7.80. The topological polar surface area (TPSA) is 61.8 Å². The lowest BCUT2D eigenvalue weighted by atomic mass is 10.1. The highest BCUT2D eigenvalue weighted by atomic mass is 32.1. The first-order valence-corrected chi connectivity index (χ1v) is 4.43. The molecule has 84 valence electrons. The number of nitriles is 1. The number of halogens is 3. The molecule has 1 aromatic rings. The lowest BCUT2D eigenvalue weighted by Crippen LogP contribution is -2.20. The van der Waals surface area contributed by atoms with Crippen LogP contribution in [0.2, 0.25) is 0 Å². The number of hydrogen-bond donors (Lipinski definition) is 2. The highest BCUT2D eigenvalue weighted by Crippen LogP contribution is 2.31. The van der Waals surface area contributed by atoms with E-state index >= 15 is 0 Å². The molecular formula is C9H6F3N3S. The monoisotopic (exact) mass is 245 g/mol. The van der Waals surface area contributed by atoms with Crippen molar-refractivity contribution in [2.75, 3.05) is 5.32 Å². The summed E-state index contributed by atoms with van der Waals surface area (Å²) in [6.45, 7) is 0. The summed E-state index contributed by atoms with van der Waals surface area (Å²) < 4.78 is 37.1. The number of thiocarbonyl (C=S) groups is 1. The Labute approximate surface area is 94.7 Å². The molecule has 0 radical (unpaired) electrons. The molecule has 3 nitrogen and oxygen atoms in total. The van der Waals surface area contributed by atoms with E-state index in [4.69, 9.17) is 11.0 Å². The molecule has 0 bridgehead atoms. The molecule has 0 spiro atoms. The third-order valence-electron chi connectivity index (χ3n) is 1.73. The number of hydrogen-bond acceptors (Lipinski definition) is 2. The molecule has 0 aliphatic rings. The van der Waals surface area contributed by atoms with Gasteiger partial charge in [-0.05, 0) is 30.4 Å². The minimum absolute atomic E-state index is 0.0424. The molecule has 0 amide bonds. The van der Waals surface area contributed by atoms with Gasteiger partial charge in [0.15, 0.2) is 5.11 Å². The van der Waals surface area contributed by atoms with Crippen molar-refractivity contribution >= 4 is 23.0 Å². The minimum atomic E-state index is -4.47. The maximum atomic E-state index is 12.4. The molecule has 0 atom stereocenters. The van der Waals surface area contributed by atoms with Gasteiger partial charge in [0.25, 0.3) is 0 Å². The number of rotatable bonds is 1. The van der Waals surface area contributed by atoms with E-state index in [0.29, 0.717) is 0 Å². The van der Waals surface area contributed by atoms with Gasteiger partial charge in [-0.15, -0.1) is 0 Å². The van der Waals surface area contributed by atoms with Crippen LogP contribution >= 0.6 is 12.2 Å². The maximum Gasteiger partial charge on any atom is 0.416 e. The highest BCUT2D eigenvalue weighted by Gasteiger charge is 2.31. The second-order valence-electron chi connectivity index (χ2n) is 2.86. The third kappa shape index (κ3) is 2.84. The SMILES string of the molecule is N#Cc1ccc(C(F)(F)F)cc1NC(N)=S. The van der Waals surface area contributed by atoms with Gasteiger partial charge in [-0.2, -0.15) is 18.4 Å². The summed E-state index contributed by atoms with van der Waals surface area (Å²) in [5.74, 6) is 0. The van der Waals surface area contributed by atoms with Crippen LogP contribution in [0.15, 0.2) is 18.2 Å². The zero-order valence-corrected chi connectivity index (χ0v) is 8.62. The Morgan fingerprint density at radius 3 is 2.50 bits per heavy atom. The van der Waals surface area contributed by atoms with Crippen molar-refractivity contribution in [1.29, 1.82) is 5.26 Å². The molecule has 0 aliphatic carbocycles. The van der Waals surface area contributed by atoms with Gasteiger partial charge in [0.2, 0.25) is 0 Å². The normalized spacial score (nSPS) is 10.6. The predicted octanol–water partition coefficient (Wildman–Crippen LogP) is 2.23. The molecule has 7 heteroatoms. The Morgan fingerprint density at radius 2 is 2.06 bits per heavy atom. The average Bonchev–Trinajstić information content (AvgIpc) is 2.15. The molecule has 0 unspecified atom stereocenters. The molecule has 0 heterocycles. The van der Waals surface area contributed by atoms with Crippen LogP contribution in [0.5, 0.6) is 0 Å². The van der Waals surface area contributed by atoms with E-state index in [1.807, 2.05) is 0 Å². The predicted molar refractivity (Wildman–Crippen MR) is 56.6 cm³/mol. The Morgan fingerprint density at radius 1 is 1.44 bits per heavy atom. The Bertz CT molecular complexity index is 462. The fourth-order valence-corrected chi connectivity index (χ4v) is 1.16. The zero-order chi connectivity index (χ0) is 12.3. The Balaban J connectivity index is 3.23.